The topological polar surface area (TPSA) is 45.7 Å². The van der Waals surface area contributed by atoms with Gasteiger partial charge in [-0.2, -0.15) is 5.10 Å². The molecule has 0 aromatic heterocycles. The van der Waals surface area contributed by atoms with E-state index >= 15 is 0 Å². The van der Waals surface area contributed by atoms with Crippen LogP contribution in [-0.4, -0.2) is 17.9 Å². The van der Waals surface area contributed by atoms with Crippen LogP contribution in [0.15, 0.2) is 50.4 Å². The summed E-state index contributed by atoms with van der Waals surface area (Å²) < 4.78 is 7.66. The van der Waals surface area contributed by atoms with Gasteiger partial charge in [-0.1, -0.05) is 29.8 Å². The molecule has 0 fully saturated rings. The van der Waals surface area contributed by atoms with Crippen LogP contribution in [0, 0.1) is 6.92 Å². The molecule has 0 aliphatic heterocycles. The molecule has 0 aliphatic rings. The van der Waals surface area contributed by atoms with Gasteiger partial charge in [0, 0.05) is 6.54 Å². The zero-order valence-electron chi connectivity index (χ0n) is 14.0. The van der Waals surface area contributed by atoms with Crippen LogP contribution in [0.2, 0.25) is 0 Å². The van der Waals surface area contributed by atoms with E-state index in [4.69, 9.17) is 17.0 Å². The Labute approximate surface area is 170 Å². The van der Waals surface area contributed by atoms with E-state index in [0.29, 0.717) is 11.7 Å². The number of nitrogens with one attached hydrogen (secondary N) is 2. The summed E-state index contributed by atoms with van der Waals surface area (Å²) in [5, 5.41) is 7.58. The lowest BCUT2D eigenvalue weighted by Gasteiger charge is -2.12. The molecule has 0 unspecified atom stereocenters. The molecule has 0 saturated heterocycles. The fourth-order valence-corrected chi connectivity index (χ4v) is 3.76. The third kappa shape index (κ3) is 6.41. The Morgan fingerprint density at radius 3 is 2.60 bits per heavy atom. The Hall–Kier alpha value is -1.44. The summed E-state index contributed by atoms with van der Waals surface area (Å²) in [5.74, 6) is 0.759. The molecule has 0 atom stereocenters. The van der Waals surface area contributed by atoms with Crippen molar-refractivity contribution in [1.29, 1.82) is 0 Å². The average Bonchev–Trinajstić information content (AvgIpc) is 2.54. The number of hydrazone groups is 1. The molecule has 0 aliphatic carbocycles. The predicted octanol–water partition coefficient (Wildman–Crippen LogP) is 4.92. The first-order valence-electron chi connectivity index (χ1n) is 7.74. The molecular formula is C18H19Br2N3OS. The summed E-state index contributed by atoms with van der Waals surface area (Å²) in [6, 6.07) is 12.1. The molecule has 0 amide bonds. The van der Waals surface area contributed by atoms with Crippen LogP contribution in [0.25, 0.3) is 0 Å². The number of ether oxygens (including phenoxy) is 1. The summed E-state index contributed by atoms with van der Waals surface area (Å²) in [4.78, 5) is 0. The number of aryl methyl sites for hydroxylation is 1. The molecule has 25 heavy (non-hydrogen) atoms. The van der Waals surface area contributed by atoms with Gasteiger partial charge in [0.15, 0.2) is 5.11 Å². The first-order chi connectivity index (χ1) is 12.0. The lowest BCUT2D eigenvalue weighted by molar-refractivity contribution is 0.302. The van der Waals surface area contributed by atoms with Gasteiger partial charge in [-0.25, -0.2) is 0 Å². The van der Waals surface area contributed by atoms with E-state index in [2.05, 4.69) is 72.8 Å². The van der Waals surface area contributed by atoms with Gasteiger partial charge < -0.3 is 10.1 Å². The van der Waals surface area contributed by atoms with Crippen molar-refractivity contribution >= 4 is 55.4 Å². The second kappa shape index (κ2) is 9.89. The maximum absolute atomic E-state index is 5.95. The van der Waals surface area contributed by atoms with Gasteiger partial charge in [-0.15, -0.1) is 0 Å². The van der Waals surface area contributed by atoms with Crippen molar-refractivity contribution in [3.8, 4) is 5.75 Å². The van der Waals surface area contributed by atoms with Crippen molar-refractivity contribution in [3.05, 3.63) is 62.0 Å². The van der Waals surface area contributed by atoms with Gasteiger partial charge in [-0.05, 0) is 81.2 Å². The summed E-state index contributed by atoms with van der Waals surface area (Å²) in [6.07, 6.45) is 1.70. The van der Waals surface area contributed by atoms with Crippen molar-refractivity contribution in [1.82, 2.24) is 10.7 Å². The molecule has 4 nitrogen and oxygen atoms in total. The summed E-state index contributed by atoms with van der Waals surface area (Å²) in [5.41, 5.74) is 6.02. The zero-order valence-corrected chi connectivity index (χ0v) is 18.0. The van der Waals surface area contributed by atoms with Gasteiger partial charge in [-0.3, -0.25) is 5.43 Å². The minimum atomic E-state index is 0.495. The Morgan fingerprint density at radius 1 is 1.24 bits per heavy atom. The first kappa shape index (κ1) is 19.9. The van der Waals surface area contributed by atoms with Crippen molar-refractivity contribution in [2.24, 2.45) is 5.10 Å². The van der Waals surface area contributed by atoms with E-state index < -0.39 is 0 Å². The molecule has 2 aromatic carbocycles. The largest absolute Gasteiger partial charge is 0.487 e. The normalized spacial score (nSPS) is 10.7. The second-order valence-electron chi connectivity index (χ2n) is 5.32. The van der Waals surface area contributed by atoms with Crippen LogP contribution in [0.5, 0.6) is 5.75 Å². The van der Waals surface area contributed by atoms with E-state index in [1.54, 1.807) is 6.21 Å². The van der Waals surface area contributed by atoms with Crippen LogP contribution in [0.4, 0.5) is 0 Å². The zero-order chi connectivity index (χ0) is 18.2. The maximum atomic E-state index is 5.95. The van der Waals surface area contributed by atoms with Gasteiger partial charge in [0.05, 0.1) is 15.2 Å². The van der Waals surface area contributed by atoms with E-state index in [-0.39, 0.29) is 0 Å². The number of halogens is 2. The Kier molecular flexibility index (Phi) is 7.87. The smallest absolute Gasteiger partial charge is 0.186 e. The molecule has 0 bridgehead atoms. The SMILES string of the molecule is CCNC(=S)N/N=C\c1cc(Br)c(OCc2cccc(C)c2)c(Br)c1. The molecule has 7 heteroatoms. The van der Waals surface area contributed by atoms with Gasteiger partial charge in [0.2, 0.25) is 0 Å². The highest BCUT2D eigenvalue weighted by molar-refractivity contribution is 9.11. The number of hydrogen-bond donors (Lipinski definition) is 2. The van der Waals surface area contributed by atoms with Gasteiger partial charge >= 0.3 is 0 Å². The van der Waals surface area contributed by atoms with Crippen molar-refractivity contribution < 1.29 is 4.74 Å². The van der Waals surface area contributed by atoms with Crippen LogP contribution < -0.4 is 15.5 Å². The highest BCUT2D eigenvalue weighted by Crippen LogP contribution is 2.35. The molecule has 132 valence electrons. The van der Waals surface area contributed by atoms with Gasteiger partial charge in [0.25, 0.3) is 0 Å². The number of hydrogen-bond acceptors (Lipinski definition) is 3. The summed E-state index contributed by atoms with van der Waals surface area (Å²) in [6.45, 7) is 5.30. The lowest BCUT2D eigenvalue weighted by atomic mass is 10.1. The molecule has 2 aromatic rings. The third-order valence-corrected chi connectivity index (χ3v) is 4.62. The summed E-state index contributed by atoms with van der Waals surface area (Å²) in [7, 11) is 0. The maximum Gasteiger partial charge on any atom is 0.186 e. The molecule has 0 heterocycles. The fraction of sp³-hybridized carbons (Fsp3) is 0.222. The quantitative estimate of drug-likeness (QED) is 0.347. The van der Waals surface area contributed by atoms with E-state index in [0.717, 1.165) is 32.4 Å². The molecule has 0 spiro atoms. The lowest BCUT2D eigenvalue weighted by Crippen LogP contribution is -2.31. The fourth-order valence-electron chi connectivity index (χ4n) is 2.11. The minimum Gasteiger partial charge on any atom is -0.487 e. The Morgan fingerprint density at radius 2 is 1.96 bits per heavy atom. The highest BCUT2D eigenvalue weighted by atomic mass is 79.9. The average molecular weight is 485 g/mol. The molecule has 0 saturated carbocycles. The van der Waals surface area contributed by atoms with Crippen LogP contribution >= 0.6 is 44.1 Å². The minimum absolute atomic E-state index is 0.495. The second-order valence-corrected chi connectivity index (χ2v) is 7.44. The number of benzene rings is 2. The molecule has 2 N–H and O–H groups in total. The third-order valence-electron chi connectivity index (χ3n) is 3.20. The van der Waals surface area contributed by atoms with E-state index in [1.807, 2.05) is 25.1 Å². The monoisotopic (exact) mass is 483 g/mol. The molecule has 0 radical (unpaired) electrons. The first-order valence-corrected chi connectivity index (χ1v) is 9.73. The van der Waals surface area contributed by atoms with Crippen molar-refractivity contribution in [2.45, 2.75) is 20.5 Å². The highest BCUT2D eigenvalue weighted by Gasteiger charge is 2.09. The summed E-state index contributed by atoms with van der Waals surface area (Å²) >= 11 is 12.2. The van der Waals surface area contributed by atoms with Crippen LogP contribution in [-0.2, 0) is 6.61 Å². The number of nitrogens with zero attached hydrogens (tertiary/aromatic N) is 1. The van der Waals surface area contributed by atoms with Crippen LogP contribution in [0.3, 0.4) is 0 Å². The van der Waals surface area contributed by atoms with E-state index in [9.17, 15) is 0 Å². The van der Waals surface area contributed by atoms with Crippen molar-refractivity contribution in [2.75, 3.05) is 6.54 Å². The predicted molar refractivity (Wildman–Crippen MR) is 114 cm³/mol. The van der Waals surface area contributed by atoms with Crippen molar-refractivity contribution in [3.63, 3.8) is 0 Å². The number of rotatable bonds is 6. The number of thiocarbonyl (C=S) groups is 1. The Balaban J connectivity index is 2.04. The van der Waals surface area contributed by atoms with Gasteiger partial charge in [0.1, 0.15) is 12.4 Å². The molecular weight excluding hydrogens is 466 g/mol. The standard InChI is InChI=1S/C18H19Br2N3OS/c1-3-21-18(25)23-22-10-14-8-15(19)17(16(20)9-14)24-11-13-6-4-5-12(2)7-13/h4-10H,3,11H2,1-2H3,(H2,21,23,25)/b22-10-. The van der Waals surface area contributed by atoms with Crippen LogP contribution in [0.1, 0.15) is 23.6 Å². The Bertz CT molecular complexity index is 758. The molecule has 2 rings (SSSR count). The van der Waals surface area contributed by atoms with E-state index in [1.165, 1.54) is 5.56 Å².